The minimum absolute atomic E-state index is 0.0387. The quantitative estimate of drug-likeness (QED) is 0.833. The maximum absolute atomic E-state index is 10.2. The Bertz CT molecular complexity index is 243. The average molecular weight is 253 g/mol. The largest absolute Gasteiger partial charge is 0.393 e. The van der Waals surface area contributed by atoms with Crippen molar-refractivity contribution in [3.63, 3.8) is 0 Å². The fourth-order valence-corrected chi connectivity index (χ4v) is 3.82. The normalized spacial score (nSPS) is 39.5. The van der Waals surface area contributed by atoms with Gasteiger partial charge in [0.25, 0.3) is 0 Å². The molecule has 1 saturated carbocycles. The molecule has 0 aromatic rings. The number of hydrogen-bond acceptors (Lipinski definition) is 2. The minimum atomic E-state index is -0.0387. The highest BCUT2D eigenvalue weighted by atomic mass is 16.3. The minimum Gasteiger partial charge on any atom is -0.393 e. The van der Waals surface area contributed by atoms with Gasteiger partial charge in [0.05, 0.1) is 6.10 Å². The summed E-state index contributed by atoms with van der Waals surface area (Å²) in [7, 11) is 0. The van der Waals surface area contributed by atoms with Crippen LogP contribution in [0.3, 0.4) is 0 Å². The molecule has 2 heteroatoms. The molecular formula is C16H31NO. The predicted molar refractivity (Wildman–Crippen MR) is 76.6 cm³/mol. The third-order valence-corrected chi connectivity index (χ3v) is 5.29. The van der Waals surface area contributed by atoms with Crippen molar-refractivity contribution in [3.05, 3.63) is 0 Å². The van der Waals surface area contributed by atoms with Crippen LogP contribution in [0.1, 0.15) is 65.2 Å². The number of likely N-dealkylation sites (tertiary alicyclic amines) is 1. The van der Waals surface area contributed by atoms with Crippen molar-refractivity contribution < 1.29 is 5.11 Å². The molecule has 2 rings (SSSR count). The van der Waals surface area contributed by atoms with E-state index < -0.39 is 0 Å². The first-order chi connectivity index (χ1) is 8.70. The molecule has 0 bridgehead atoms. The van der Waals surface area contributed by atoms with Gasteiger partial charge in [-0.05, 0) is 57.4 Å². The molecule has 0 aromatic carbocycles. The zero-order valence-electron chi connectivity index (χ0n) is 12.3. The van der Waals surface area contributed by atoms with Gasteiger partial charge in [-0.25, -0.2) is 0 Å². The standard InChI is InChI=1S/C16H31NO/c1-3-14-8-9-16(18)15(11-14)12-17-10-6-4-5-7-13(17)2/h13-16,18H,3-12H2,1-2H3. The third-order valence-electron chi connectivity index (χ3n) is 5.29. The Labute approximate surface area is 113 Å². The number of aliphatic hydroxyl groups is 1. The molecular weight excluding hydrogens is 222 g/mol. The predicted octanol–water partition coefficient (Wildman–Crippen LogP) is 3.44. The molecule has 2 nitrogen and oxygen atoms in total. The second-order valence-corrected chi connectivity index (χ2v) is 6.61. The summed E-state index contributed by atoms with van der Waals surface area (Å²) in [4.78, 5) is 2.65. The molecule has 1 N–H and O–H groups in total. The lowest BCUT2D eigenvalue weighted by atomic mass is 9.78. The zero-order valence-corrected chi connectivity index (χ0v) is 12.3. The molecule has 18 heavy (non-hydrogen) atoms. The Hall–Kier alpha value is -0.0800. The fraction of sp³-hybridized carbons (Fsp3) is 1.00. The Morgan fingerprint density at radius 3 is 2.72 bits per heavy atom. The van der Waals surface area contributed by atoms with Crippen LogP contribution in [-0.4, -0.2) is 35.2 Å². The van der Waals surface area contributed by atoms with Crippen molar-refractivity contribution in [3.8, 4) is 0 Å². The van der Waals surface area contributed by atoms with E-state index in [9.17, 15) is 5.11 Å². The van der Waals surface area contributed by atoms with Crippen molar-refractivity contribution in [2.45, 2.75) is 77.4 Å². The van der Waals surface area contributed by atoms with Gasteiger partial charge in [0, 0.05) is 12.6 Å². The van der Waals surface area contributed by atoms with Gasteiger partial charge in [0.1, 0.15) is 0 Å². The molecule has 1 aliphatic heterocycles. The van der Waals surface area contributed by atoms with Crippen molar-refractivity contribution in [2.75, 3.05) is 13.1 Å². The van der Waals surface area contributed by atoms with E-state index in [0.717, 1.165) is 24.9 Å². The Morgan fingerprint density at radius 1 is 1.11 bits per heavy atom. The molecule has 0 spiro atoms. The van der Waals surface area contributed by atoms with E-state index in [0.29, 0.717) is 5.92 Å². The summed E-state index contributed by atoms with van der Waals surface area (Å²) in [6.45, 7) is 7.06. The van der Waals surface area contributed by atoms with Gasteiger partial charge in [0.2, 0.25) is 0 Å². The van der Waals surface area contributed by atoms with Crippen LogP contribution in [0, 0.1) is 11.8 Å². The first-order valence-electron chi connectivity index (χ1n) is 8.12. The average Bonchev–Trinajstić information content (AvgIpc) is 2.58. The van der Waals surface area contributed by atoms with Crippen LogP contribution in [0.5, 0.6) is 0 Å². The van der Waals surface area contributed by atoms with Gasteiger partial charge in [-0.15, -0.1) is 0 Å². The molecule has 1 saturated heterocycles. The number of nitrogens with zero attached hydrogens (tertiary/aromatic N) is 1. The summed E-state index contributed by atoms with van der Waals surface area (Å²) < 4.78 is 0. The topological polar surface area (TPSA) is 23.5 Å². The summed E-state index contributed by atoms with van der Waals surface area (Å²) in [6.07, 6.45) is 10.3. The summed E-state index contributed by atoms with van der Waals surface area (Å²) in [6, 6.07) is 0.724. The number of aliphatic hydroxyl groups excluding tert-OH is 1. The van der Waals surface area contributed by atoms with Gasteiger partial charge in [-0.2, -0.15) is 0 Å². The molecule has 1 heterocycles. The van der Waals surface area contributed by atoms with Crippen molar-refractivity contribution in [1.29, 1.82) is 0 Å². The van der Waals surface area contributed by atoms with Gasteiger partial charge in [0.15, 0.2) is 0 Å². The summed E-state index contributed by atoms with van der Waals surface area (Å²) >= 11 is 0. The smallest absolute Gasteiger partial charge is 0.0580 e. The summed E-state index contributed by atoms with van der Waals surface area (Å²) in [5.74, 6) is 1.39. The Kier molecular flexibility index (Phi) is 5.50. The molecule has 1 aliphatic carbocycles. The molecule has 0 radical (unpaired) electrons. The maximum atomic E-state index is 10.2. The van der Waals surface area contributed by atoms with Crippen LogP contribution in [0.15, 0.2) is 0 Å². The van der Waals surface area contributed by atoms with E-state index in [1.165, 1.54) is 51.5 Å². The fourth-order valence-electron chi connectivity index (χ4n) is 3.82. The molecule has 2 aliphatic rings. The van der Waals surface area contributed by atoms with E-state index in [2.05, 4.69) is 18.7 Å². The molecule has 0 amide bonds. The third kappa shape index (κ3) is 3.71. The summed E-state index contributed by atoms with van der Waals surface area (Å²) in [5, 5.41) is 10.2. The van der Waals surface area contributed by atoms with Crippen LogP contribution < -0.4 is 0 Å². The van der Waals surface area contributed by atoms with Crippen molar-refractivity contribution >= 4 is 0 Å². The highest BCUT2D eigenvalue weighted by Gasteiger charge is 2.31. The number of hydrogen-bond donors (Lipinski definition) is 1. The van der Waals surface area contributed by atoms with Crippen LogP contribution in [-0.2, 0) is 0 Å². The van der Waals surface area contributed by atoms with E-state index in [1.54, 1.807) is 0 Å². The molecule has 4 unspecified atom stereocenters. The SMILES string of the molecule is CCC1CCC(O)C(CN2CCCCCC2C)C1. The first kappa shape index (κ1) is 14.3. The molecule has 4 atom stereocenters. The van der Waals surface area contributed by atoms with Gasteiger partial charge in [-0.1, -0.05) is 26.2 Å². The lowest BCUT2D eigenvalue weighted by Gasteiger charge is -2.38. The van der Waals surface area contributed by atoms with Crippen LogP contribution in [0.4, 0.5) is 0 Å². The van der Waals surface area contributed by atoms with E-state index in [1.807, 2.05) is 0 Å². The van der Waals surface area contributed by atoms with Crippen molar-refractivity contribution in [2.24, 2.45) is 11.8 Å². The van der Waals surface area contributed by atoms with Crippen molar-refractivity contribution in [1.82, 2.24) is 4.90 Å². The van der Waals surface area contributed by atoms with E-state index >= 15 is 0 Å². The van der Waals surface area contributed by atoms with E-state index in [-0.39, 0.29) is 6.10 Å². The molecule has 106 valence electrons. The van der Waals surface area contributed by atoms with Gasteiger partial charge in [-0.3, -0.25) is 0 Å². The van der Waals surface area contributed by atoms with E-state index in [4.69, 9.17) is 0 Å². The van der Waals surface area contributed by atoms with Crippen LogP contribution >= 0.6 is 0 Å². The van der Waals surface area contributed by atoms with Crippen LogP contribution in [0.2, 0.25) is 0 Å². The highest BCUT2D eigenvalue weighted by Crippen LogP contribution is 2.32. The Morgan fingerprint density at radius 2 is 1.94 bits per heavy atom. The molecule has 0 aromatic heterocycles. The summed E-state index contributed by atoms with van der Waals surface area (Å²) in [5.41, 5.74) is 0. The highest BCUT2D eigenvalue weighted by molar-refractivity contribution is 4.83. The monoisotopic (exact) mass is 253 g/mol. The Balaban J connectivity index is 1.89. The maximum Gasteiger partial charge on any atom is 0.0580 e. The second-order valence-electron chi connectivity index (χ2n) is 6.61. The number of rotatable bonds is 3. The molecule has 2 fully saturated rings. The van der Waals surface area contributed by atoms with Crippen LogP contribution in [0.25, 0.3) is 0 Å². The first-order valence-corrected chi connectivity index (χ1v) is 8.12. The zero-order chi connectivity index (χ0) is 13.0. The second kappa shape index (κ2) is 6.91. The lowest BCUT2D eigenvalue weighted by molar-refractivity contribution is 0.0202. The van der Waals surface area contributed by atoms with Gasteiger partial charge < -0.3 is 10.0 Å². The van der Waals surface area contributed by atoms with Gasteiger partial charge >= 0.3 is 0 Å². The lowest BCUT2D eigenvalue weighted by Crippen LogP contribution is -2.42.